The fraction of sp³-hybridized carbons (Fsp3) is 0.500. The number of nitrogens with one attached hydrogen (secondary N) is 1. The van der Waals surface area contributed by atoms with Gasteiger partial charge < -0.3 is 10.1 Å². The van der Waals surface area contributed by atoms with Crippen LogP contribution in [-0.2, 0) is 11.2 Å². The summed E-state index contributed by atoms with van der Waals surface area (Å²) in [4.78, 5) is 0. The van der Waals surface area contributed by atoms with Crippen LogP contribution in [0.15, 0.2) is 24.3 Å². The minimum absolute atomic E-state index is 0.402. The zero-order chi connectivity index (χ0) is 9.38. The molecule has 1 N–H and O–H groups in total. The highest BCUT2D eigenvalue weighted by molar-refractivity contribution is 5.54. The second-order valence-electron chi connectivity index (χ2n) is 4.16. The van der Waals surface area contributed by atoms with E-state index in [1.165, 1.54) is 24.1 Å². The lowest BCUT2D eigenvalue weighted by Crippen LogP contribution is -2.44. The van der Waals surface area contributed by atoms with Gasteiger partial charge in [0.25, 0.3) is 0 Å². The average molecular weight is 189 g/mol. The summed E-state index contributed by atoms with van der Waals surface area (Å²) in [5.41, 5.74) is 2.70. The van der Waals surface area contributed by atoms with Crippen LogP contribution in [-0.4, -0.2) is 18.8 Å². The maximum atomic E-state index is 5.78. The number of ether oxygens (including phenoxy) is 1. The summed E-state index contributed by atoms with van der Waals surface area (Å²) >= 11 is 0. The summed E-state index contributed by atoms with van der Waals surface area (Å²) < 4.78 is 5.78. The topological polar surface area (TPSA) is 21.3 Å². The largest absolute Gasteiger partial charge is 0.379 e. The molecule has 1 aromatic rings. The Morgan fingerprint density at radius 2 is 2.21 bits per heavy atom. The van der Waals surface area contributed by atoms with E-state index >= 15 is 0 Å². The Morgan fingerprint density at radius 3 is 3.21 bits per heavy atom. The summed E-state index contributed by atoms with van der Waals surface area (Å²) in [5.74, 6) is 0. The monoisotopic (exact) mass is 189 g/mol. The van der Waals surface area contributed by atoms with Gasteiger partial charge in [-0.2, -0.15) is 0 Å². The van der Waals surface area contributed by atoms with Gasteiger partial charge in [-0.1, -0.05) is 18.2 Å². The highest BCUT2D eigenvalue weighted by Crippen LogP contribution is 2.30. The molecule has 1 aromatic carbocycles. The first-order valence-corrected chi connectivity index (χ1v) is 5.39. The first-order chi connectivity index (χ1) is 6.93. The molecule has 0 amide bonds. The van der Waals surface area contributed by atoms with E-state index < -0.39 is 0 Å². The van der Waals surface area contributed by atoms with Crippen LogP contribution in [0.5, 0.6) is 0 Å². The quantitative estimate of drug-likeness (QED) is 0.675. The van der Waals surface area contributed by atoms with E-state index in [2.05, 4.69) is 29.6 Å². The van der Waals surface area contributed by atoms with E-state index in [4.69, 9.17) is 4.74 Å². The first kappa shape index (κ1) is 8.30. The maximum absolute atomic E-state index is 5.78. The molecule has 3 rings (SSSR count). The highest BCUT2D eigenvalue weighted by atomic mass is 16.5. The minimum Gasteiger partial charge on any atom is -0.379 e. The van der Waals surface area contributed by atoms with Crippen LogP contribution in [0.3, 0.4) is 0 Å². The summed E-state index contributed by atoms with van der Waals surface area (Å²) in [5, 5.41) is 3.57. The molecule has 2 heteroatoms. The number of hydrogen-bond donors (Lipinski definition) is 1. The van der Waals surface area contributed by atoms with Crippen LogP contribution in [0.2, 0.25) is 0 Å². The third-order valence-corrected chi connectivity index (χ3v) is 3.22. The molecule has 74 valence electrons. The van der Waals surface area contributed by atoms with Crippen molar-refractivity contribution in [3.63, 3.8) is 0 Å². The molecular weight excluding hydrogens is 174 g/mol. The highest BCUT2D eigenvalue weighted by Gasteiger charge is 2.30. The molecule has 2 aliphatic heterocycles. The zero-order valence-electron chi connectivity index (χ0n) is 8.20. The van der Waals surface area contributed by atoms with Crippen LogP contribution in [0, 0.1) is 0 Å². The first-order valence-electron chi connectivity index (χ1n) is 5.39. The fourth-order valence-corrected chi connectivity index (χ4v) is 2.46. The second kappa shape index (κ2) is 3.28. The standard InChI is InChI=1S/C12H15NO/c1-2-5-10-9(4-1)8-12-11(13-10)6-3-7-14-12/h1-2,4-5,11-13H,3,6-8H2. The number of benzene rings is 1. The lowest BCUT2D eigenvalue weighted by atomic mass is 9.91. The van der Waals surface area contributed by atoms with E-state index in [-0.39, 0.29) is 0 Å². The van der Waals surface area contributed by atoms with E-state index in [1.807, 2.05) is 0 Å². The number of rotatable bonds is 0. The lowest BCUT2D eigenvalue weighted by Gasteiger charge is -2.37. The number of fused-ring (bicyclic) bond motifs is 2. The van der Waals surface area contributed by atoms with Gasteiger partial charge in [-0.25, -0.2) is 0 Å². The third kappa shape index (κ3) is 1.30. The van der Waals surface area contributed by atoms with Gasteiger partial charge in [0.05, 0.1) is 12.1 Å². The van der Waals surface area contributed by atoms with Gasteiger partial charge in [-0.05, 0) is 24.5 Å². The summed E-state index contributed by atoms with van der Waals surface area (Å²) in [6.07, 6.45) is 3.92. The molecule has 1 fully saturated rings. The molecule has 0 radical (unpaired) electrons. The SMILES string of the molecule is c1ccc2c(c1)CC1OCCCC1N2. The number of anilines is 1. The maximum Gasteiger partial charge on any atom is 0.0816 e. The van der Waals surface area contributed by atoms with E-state index in [0.29, 0.717) is 12.1 Å². The Morgan fingerprint density at radius 1 is 1.29 bits per heavy atom. The Labute approximate surface area is 84.3 Å². The zero-order valence-corrected chi connectivity index (χ0v) is 8.20. The summed E-state index contributed by atoms with van der Waals surface area (Å²) in [6.45, 7) is 0.936. The molecule has 2 aliphatic rings. The van der Waals surface area contributed by atoms with Gasteiger partial charge in [0.15, 0.2) is 0 Å². The van der Waals surface area contributed by atoms with Gasteiger partial charge in [-0.3, -0.25) is 0 Å². The molecule has 0 bridgehead atoms. The molecule has 2 unspecified atom stereocenters. The molecule has 0 aromatic heterocycles. The fourth-order valence-electron chi connectivity index (χ4n) is 2.46. The van der Waals surface area contributed by atoms with Gasteiger partial charge in [-0.15, -0.1) is 0 Å². The Hall–Kier alpha value is -1.02. The van der Waals surface area contributed by atoms with Crippen molar-refractivity contribution in [3.8, 4) is 0 Å². The van der Waals surface area contributed by atoms with Crippen LogP contribution in [0.1, 0.15) is 18.4 Å². The normalized spacial score (nSPS) is 30.0. The van der Waals surface area contributed by atoms with Gasteiger partial charge in [0.1, 0.15) is 0 Å². The van der Waals surface area contributed by atoms with Crippen LogP contribution >= 0.6 is 0 Å². The molecule has 2 heterocycles. The summed E-state index contributed by atoms with van der Waals surface area (Å²) in [7, 11) is 0. The second-order valence-corrected chi connectivity index (χ2v) is 4.16. The van der Waals surface area contributed by atoms with Crippen molar-refractivity contribution in [2.75, 3.05) is 11.9 Å². The van der Waals surface area contributed by atoms with E-state index in [9.17, 15) is 0 Å². The molecule has 14 heavy (non-hydrogen) atoms. The van der Waals surface area contributed by atoms with E-state index in [1.54, 1.807) is 0 Å². The van der Waals surface area contributed by atoms with Crippen molar-refractivity contribution in [2.45, 2.75) is 31.4 Å². The van der Waals surface area contributed by atoms with E-state index in [0.717, 1.165) is 13.0 Å². The van der Waals surface area contributed by atoms with Crippen molar-refractivity contribution in [2.24, 2.45) is 0 Å². The Bertz CT molecular complexity index is 304. The summed E-state index contributed by atoms with van der Waals surface area (Å²) in [6, 6.07) is 9.09. The van der Waals surface area contributed by atoms with Crippen molar-refractivity contribution in [3.05, 3.63) is 29.8 Å². The predicted molar refractivity (Wildman–Crippen MR) is 56.5 cm³/mol. The molecule has 2 nitrogen and oxygen atoms in total. The predicted octanol–water partition coefficient (Wildman–Crippen LogP) is 2.20. The van der Waals surface area contributed by atoms with Gasteiger partial charge >= 0.3 is 0 Å². The van der Waals surface area contributed by atoms with Crippen LogP contribution in [0.25, 0.3) is 0 Å². The van der Waals surface area contributed by atoms with Crippen molar-refractivity contribution in [1.29, 1.82) is 0 Å². The molecule has 0 aliphatic carbocycles. The van der Waals surface area contributed by atoms with Crippen LogP contribution in [0.4, 0.5) is 5.69 Å². The Balaban J connectivity index is 1.91. The van der Waals surface area contributed by atoms with Crippen molar-refractivity contribution >= 4 is 5.69 Å². The average Bonchev–Trinajstić information content (AvgIpc) is 2.26. The third-order valence-electron chi connectivity index (χ3n) is 3.22. The van der Waals surface area contributed by atoms with Gasteiger partial charge in [0.2, 0.25) is 0 Å². The smallest absolute Gasteiger partial charge is 0.0816 e. The molecule has 2 atom stereocenters. The lowest BCUT2D eigenvalue weighted by molar-refractivity contribution is 0.00515. The number of hydrogen-bond acceptors (Lipinski definition) is 2. The minimum atomic E-state index is 0.402. The molecule has 1 saturated heterocycles. The molecule has 0 spiro atoms. The van der Waals surface area contributed by atoms with Crippen molar-refractivity contribution < 1.29 is 4.74 Å². The van der Waals surface area contributed by atoms with Gasteiger partial charge in [0, 0.05) is 18.7 Å². The van der Waals surface area contributed by atoms with Crippen molar-refractivity contribution in [1.82, 2.24) is 0 Å². The molecular formula is C12H15NO. The number of para-hydroxylation sites is 1. The molecule has 0 saturated carbocycles. The van der Waals surface area contributed by atoms with Crippen LogP contribution < -0.4 is 5.32 Å². The Kier molecular flexibility index (Phi) is 1.95.